The fraction of sp³-hybridized carbons (Fsp3) is 0.778. The molecular formula is C9H15N3O. The van der Waals surface area contributed by atoms with Gasteiger partial charge in [0.1, 0.15) is 0 Å². The first-order chi connectivity index (χ1) is 6.31. The SMILES string of the molecule is CC(c1nc(CCN)no1)C1CC1. The van der Waals surface area contributed by atoms with E-state index in [0.717, 1.165) is 17.6 Å². The smallest absolute Gasteiger partial charge is 0.229 e. The van der Waals surface area contributed by atoms with Crippen molar-refractivity contribution in [2.75, 3.05) is 6.54 Å². The Labute approximate surface area is 77.5 Å². The molecule has 72 valence electrons. The molecule has 2 rings (SSSR count). The Kier molecular flexibility index (Phi) is 2.31. The van der Waals surface area contributed by atoms with Crippen molar-refractivity contribution >= 4 is 0 Å². The molecule has 1 unspecified atom stereocenters. The normalized spacial score (nSPS) is 18.9. The lowest BCUT2D eigenvalue weighted by molar-refractivity contribution is 0.345. The van der Waals surface area contributed by atoms with Crippen LogP contribution in [-0.4, -0.2) is 16.7 Å². The second-order valence-electron chi connectivity index (χ2n) is 3.71. The maximum Gasteiger partial charge on any atom is 0.229 e. The first-order valence-electron chi connectivity index (χ1n) is 4.84. The van der Waals surface area contributed by atoms with E-state index in [2.05, 4.69) is 17.1 Å². The van der Waals surface area contributed by atoms with Crippen LogP contribution in [0.2, 0.25) is 0 Å². The highest BCUT2D eigenvalue weighted by Gasteiger charge is 2.32. The van der Waals surface area contributed by atoms with Crippen LogP contribution >= 0.6 is 0 Å². The number of hydrogen-bond acceptors (Lipinski definition) is 4. The summed E-state index contributed by atoms with van der Waals surface area (Å²) < 4.78 is 5.16. The first kappa shape index (κ1) is 8.69. The van der Waals surface area contributed by atoms with Crippen LogP contribution in [0.5, 0.6) is 0 Å². The van der Waals surface area contributed by atoms with Gasteiger partial charge in [-0.2, -0.15) is 4.98 Å². The van der Waals surface area contributed by atoms with Gasteiger partial charge in [-0.25, -0.2) is 0 Å². The highest BCUT2D eigenvalue weighted by Crippen LogP contribution is 2.41. The summed E-state index contributed by atoms with van der Waals surface area (Å²) in [6.45, 7) is 2.73. The molecule has 4 nitrogen and oxygen atoms in total. The Morgan fingerprint density at radius 1 is 1.62 bits per heavy atom. The van der Waals surface area contributed by atoms with E-state index in [0.29, 0.717) is 18.9 Å². The van der Waals surface area contributed by atoms with E-state index >= 15 is 0 Å². The summed E-state index contributed by atoms with van der Waals surface area (Å²) in [5.41, 5.74) is 5.40. The van der Waals surface area contributed by atoms with Crippen LogP contribution in [-0.2, 0) is 6.42 Å². The van der Waals surface area contributed by atoms with Crippen molar-refractivity contribution in [2.45, 2.75) is 32.1 Å². The van der Waals surface area contributed by atoms with E-state index in [1.54, 1.807) is 0 Å². The molecule has 1 aliphatic rings. The van der Waals surface area contributed by atoms with Crippen LogP contribution in [0.3, 0.4) is 0 Å². The topological polar surface area (TPSA) is 64.9 Å². The fourth-order valence-corrected chi connectivity index (χ4v) is 1.48. The zero-order chi connectivity index (χ0) is 9.26. The van der Waals surface area contributed by atoms with Gasteiger partial charge in [0.05, 0.1) is 0 Å². The van der Waals surface area contributed by atoms with Crippen molar-refractivity contribution in [3.8, 4) is 0 Å². The van der Waals surface area contributed by atoms with Gasteiger partial charge in [-0.15, -0.1) is 0 Å². The Bertz CT molecular complexity index is 280. The molecule has 1 saturated carbocycles. The van der Waals surface area contributed by atoms with E-state index in [1.807, 2.05) is 0 Å². The number of aromatic nitrogens is 2. The van der Waals surface area contributed by atoms with Crippen molar-refractivity contribution in [3.05, 3.63) is 11.7 Å². The molecule has 0 amide bonds. The number of nitrogens with zero attached hydrogens (tertiary/aromatic N) is 2. The van der Waals surface area contributed by atoms with Crippen LogP contribution in [0.4, 0.5) is 0 Å². The van der Waals surface area contributed by atoms with E-state index in [1.165, 1.54) is 12.8 Å². The number of rotatable bonds is 4. The summed E-state index contributed by atoms with van der Waals surface area (Å²) in [7, 11) is 0. The molecule has 0 spiro atoms. The number of hydrogen-bond donors (Lipinski definition) is 1. The van der Waals surface area contributed by atoms with Crippen LogP contribution in [0.25, 0.3) is 0 Å². The van der Waals surface area contributed by atoms with Crippen LogP contribution < -0.4 is 5.73 Å². The maximum absolute atomic E-state index is 5.40. The molecule has 1 aromatic heterocycles. The Morgan fingerprint density at radius 2 is 2.38 bits per heavy atom. The third-order valence-electron chi connectivity index (χ3n) is 2.57. The van der Waals surface area contributed by atoms with Gasteiger partial charge in [-0.05, 0) is 25.3 Å². The third kappa shape index (κ3) is 1.88. The minimum atomic E-state index is 0.430. The molecule has 1 aliphatic carbocycles. The van der Waals surface area contributed by atoms with Gasteiger partial charge in [0.15, 0.2) is 5.82 Å². The monoisotopic (exact) mass is 181 g/mol. The van der Waals surface area contributed by atoms with Gasteiger partial charge in [0.25, 0.3) is 0 Å². The van der Waals surface area contributed by atoms with Crippen LogP contribution in [0.15, 0.2) is 4.52 Å². The average molecular weight is 181 g/mol. The summed E-state index contributed by atoms with van der Waals surface area (Å²) in [6, 6.07) is 0. The molecule has 0 bridgehead atoms. The second kappa shape index (κ2) is 3.46. The predicted octanol–water partition coefficient (Wildman–Crippen LogP) is 1.08. The molecule has 1 heterocycles. The summed E-state index contributed by atoms with van der Waals surface area (Å²) >= 11 is 0. The van der Waals surface area contributed by atoms with Crippen molar-refractivity contribution in [1.82, 2.24) is 10.1 Å². The quantitative estimate of drug-likeness (QED) is 0.755. The lowest BCUT2D eigenvalue weighted by Crippen LogP contribution is -2.04. The second-order valence-corrected chi connectivity index (χ2v) is 3.71. The fourth-order valence-electron chi connectivity index (χ4n) is 1.48. The standard InChI is InChI=1S/C9H15N3O/c1-6(7-2-3-7)9-11-8(4-5-10)12-13-9/h6-7H,2-5,10H2,1H3. The van der Waals surface area contributed by atoms with Crippen LogP contribution in [0, 0.1) is 5.92 Å². The summed E-state index contributed by atoms with van der Waals surface area (Å²) in [5.74, 6) is 2.72. The van der Waals surface area contributed by atoms with E-state index in [4.69, 9.17) is 10.3 Å². The molecule has 0 aromatic carbocycles. The van der Waals surface area contributed by atoms with Gasteiger partial charge in [-0.1, -0.05) is 12.1 Å². The summed E-state index contributed by atoms with van der Waals surface area (Å²) in [6.07, 6.45) is 3.31. The minimum Gasteiger partial charge on any atom is -0.339 e. The minimum absolute atomic E-state index is 0.430. The molecular weight excluding hydrogens is 166 g/mol. The molecule has 0 aliphatic heterocycles. The van der Waals surface area contributed by atoms with E-state index in [9.17, 15) is 0 Å². The first-order valence-corrected chi connectivity index (χ1v) is 4.84. The van der Waals surface area contributed by atoms with E-state index in [-0.39, 0.29) is 0 Å². The Balaban J connectivity index is 2.03. The Hall–Kier alpha value is -0.900. The van der Waals surface area contributed by atoms with Crippen molar-refractivity contribution in [3.63, 3.8) is 0 Å². The highest BCUT2D eigenvalue weighted by atomic mass is 16.5. The Morgan fingerprint density at radius 3 is 3.00 bits per heavy atom. The van der Waals surface area contributed by atoms with Gasteiger partial charge in [0.2, 0.25) is 5.89 Å². The van der Waals surface area contributed by atoms with Gasteiger partial charge in [-0.3, -0.25) is 0 Å². The van der Waals surface area contributed by atoms with Crippen molar-refractivity contribution < 1.29 is 4.52 Å². The average Bonchev–Trinajstić information content (AvgIpc) is 2.87. The van der Waals surface area contributed by atoms with Gasteiger partial charge < -0.3 is 10.3 Å². The molecule has 4 heteroatoms. The van der Waals surface area contributed by atoms with Gasteiger partial charge >= 0.3 is 0 Å². The van der Waals surface area contributed by atoms with E-state index < -0.39 is 0 Å². The molecule has 1 atom stereocenters. The van der Waals surface area contributed by atoms with Gasteiger partial charge in [0, 0.05) is 12.3 Å². The van der Waals surface area contributed by atoms with Crippen molar-refractivity contribution in [2.24, 2.45) is 11.7 Å². The number of nitrogens with two attached hydrogens (primary N) is 1. The summed E-state index contributed by atoms with van der Waals surface area (Å²) in [5, 5.41) is 3.87. The molecule has 2 N–H and O–H groups in total. The highest BCUT2D eigenvalue weighted by molar-refractivity contribution is 4.99. The molecule has 13 heavy (non-hydrogen) atoms. The zero-order valence-electron chi connectivity index (χ0n) is 7.86. The molecule has 1 aromatic rings. The maximum atomic E-state index is 5.40. The molecule has 1 fully saturated rings. The van der Waals surface area contributed by atoms with Crippen LogP contribution in [0.1, 0.15) is 37.4 Å². The largest absolute Gasteiger partial charge is 0.339 e. The molecule has 0 saturated heterocycles. The predicted molar refractivity (Wildman–Crippen MR) is 48.2 cm³/mol. The summed E-state index contributed by atoms with van der Waals surface area (Å²) in [4.78, 5) is 4.30. The lowest BCUT2D eigenvalue weighted by atomic mass is 10.1. The third-order valence-corrected chi connectivity index (χ3v) is 2.57. The molecule has 0 radical (unpaired) electrons. The van der Waals surface area contributed by atoms with Crippen molar-refractivity contribution in [1.29, 1.82) is 0 Å². The zero-order valence-corrected chi connectivity index (χ0v) is 7.86. The lowest BCUT2D eigenvalue weighted by Gasteiger charge is -2.00.